The number of rotatable bonds is 3. The molecule has 0 heterocycles. The lowest BCUT2D eigenvalue weighted by molar-refractivity contribution is 0.247. The number of hydrogen-bond acceptors (Lipinski definition) is 2. The monoisotopic (exact) mass is 233 g/mol. The van der Waals surface area contributed by atoms with Crippen molar-refractivity contribution in [3.05, 3.63) is 33.8 Å². The van der Waals surface area contributed by atoms with Gasteiger partial charge in [0.05, 0.1) is 10.0 Å². The Morgan fingerprint density at radius 2 is 2.00 bits per heavy atom. The molecule has 78 valence electrons. The molecular formula is C10H13Cl2NO. The first-order valence-corrected chi connectivity index (χ1v) is 5.08. The van der Waals surface area contributed by atoms with E-state index in [1.807, 2.05) is 13.0 Å². The second kappa shape index (κ2) is 4.49. The van der Waals surface area contributed by atoms with Crippen LogP contribution in [0.25, 0.3) is 0 Å². The average molecular weight is 234 g/mol. The van der Waals surface area contributed by atoms with E-state index in [1.165, 1.54) is 0 Å². The number of benzene rings is 1. The van der Waals surface area contributed by atoms with Gasteiger partial charge in [0.2, 0.25) is 0 Å². The van der Waals surface area contributed by atoms with Crippen LogP contribution in [0.5, 0.6) is 0 Å². The first-order chi connectivity index (χ1) is 6.47. The molecule has 0 aliphatic heterocycles. The molecule has 0 amide bonds. The van der Waals surface area contributed by atoms with Gasteiger partial charge in [-0.25, -0.2) is 0 Å². The largest absolute Gasteiger partial charge is 0.396 e. The minimum absolute atomic E-state index is 0.0489. The Morgan fingerprint density at radius 3 is 2.50 bits per heavy atom. The van der Waals surface area contributed by atoms with Crippen molar-refractivity contribution in [2.75, 3.05) is 6.61 Å². The smallest absolute Gasteiger partial charge is 0.0595 e. The van der Waals surface area contributed by atoms with Crippen molar-refractivity contribution in [3.63, 3.8) is 0 Å². The van der Waals surface area contributed by atoms with Gasteiger partial charge in [-0.05, 0) is 31.0 Å². The molecule has 1 aromatic rings. The lowest BCUT2D eigenvalue weighted by Gasteiger charge is -2.24. The van der Waals surface area contributed by atoms with Crippen molar-refractivity contribution in [2.45, 2.75) is 18.9 Å². The summed E-state index contributed by atoms with van der Waals surface area (Å²) in [5, 5.41) is 9.84. The third-order valence-electron chi connectivity index (χ3n) is 2.21. The molecular weight excluding hydrogens is 221 g/mol. The van der Waals surface area contributed by atoms with Gasteiger partial charge in [0.25, 0.3) is 0 Å². The van der Waals surface area contributed by atoms with E-state index >= 15 is 0 Å². The van der Waals surface area contributed by atoms with Gasteiger partial charge in [-0.2, -0.15) is 0 Å². The molecule has 2 nitrogen and oxygen atoms in total. The third kappa shape index (κ3) is 2.61. The molecule has 0 saturated heterocycles. The Bertz CT molecular complexity index is 326. The maximum atomic E-state index is 8.85. The van der Waals surface area contributed by atoms with Gasteiger partial charge in [-0.3, -0.25) is 0 Å². The fourth-order valence-corrected chi connectivity index (χ4v) is 1.53. The Labute approximate surface area is 93.6 Å². The Morgan fingerprint density at radius 1 is 1.36 bits per heavy atom. The molecule has 0 aromatic heterocycles. The Kier molecular flexibility index (Phi) is 3.78. The van der Waals surface area contributed by atoms with Crippen molar-refractivity contribution in [1.82, 2.24) is 0 Å². The van der Waals surface area contributed by atoms with E-state index in [0.29, 0.717) is 16.5 Å². The lowest BCUT2D eigenvalue weighted by atomic mass is 9.90. The predicted octanol–water partition coefficient (Wildman–Crippen LogP) is 2.55. The highest BCUT2D eigenvalue weighted by atomic mass is 35.5. The highest BCUT2D eigenvalue weighted by Gasteiger charge is 2.20. The van der Waals surface area contributed by atoms with Crippen LogP contribution in [0.1, 0.15) is 18.9 Å². The Balaban J connectivity index is 3.01. The van der Waals surface area contributed by atoms with E-state index in [4.69, 9.17) is 34.0 Å². The minimum Gasteiger partial charge on any atom is -0.396 e. The number of aliphatic hydroxyl groups excluding tert-OH is 1. The van der Waals surface area contributed by atoms with Crippen molar-refractivity contribution in [1.29, 1.82) is 0 Å². The third-order valence-corrected chi connectivity index (χ3v) is 2.95. The van der Waals surface area contributed by atoms with Crippen LogP contribution in [-0.2, 0) is 5.54 Å². The molecule has 1 atom stereocenters. The van der Waals surface area contributed by atoms with E-state index in [2.05, 4.69) is 0 Å². The predicted molar refractivity (Wildman–Crippen MR) is 59.7 cm³/mol. The number of nitrogens with two attached hydrogens (primary N) is 1. The van der Waals surface area contributed by atoms with Crippen LogP contribution in [0.2, 0.25) is 10.0 Å². The summed E-state index contributed by atoms with van der Waals surface area (Å²) in [5.74, 6) is 0. The molecule has 14 heavy (non-hydrogen) atoms. The summed E-state index contributed by atoms with van der Waals surface area (Å²) in [6.45, 7) is 1.90. The maximum Gasteiger partial charge on any atom is 0.0595 e. The van der Waals surface area contributed by atoms with E-state index in [0.717, 1.165) is 5.56 Å². The van der Waals surface area contributed by atoms with Crippen LogP contribution < -0.4 is 5.73 Å². The van der Waals surface area contributed by atoms with Crippen LogP contribution in [-0.4, -0.2) is 11.7 Å². The summed E-state index contributed by atoms with van der Waals surface area (Å²) in [6, 6.07) is 5.27. The molecule has 0 aliphatic carbocycles. The van der Waals surface area contributed by atoms with Crippen LogP contribution >= 0.6 is 23.2 Å². The van der Waals surface area contributed by atoms with E-state index in [9.17, 15) is 0 Å². The minimum atomic E-state index is -0.566. The highest BCUT2D eigenvalue weighted by molar-refractivity contribution is 6.42. The molecule has 0 bridgehead atoms. The molecule has 1 aromatic carbocycles. The topological polar surface area (TPSA) is 46.2 Å². The first-order valence-electron chi connectivity index (χ1n) is 4.32. The quantitative estimate of drug-likeness (QED) is 0.844. The molecule has 3 N–H and O–H groups in total. The van der Waals surface area contributed by atoms with Gasteiger partial charge in [0.15, 0.2) is 0 Å². The normalized spacial score (nSPS) is 15.2. The number of halogens is 2. The van der Waals surface area contributed by atoms with Crippen LogP contribution in [0.15, 0.2) is 18.2 Å². The standard InChI is InChI=1S/C10H13Cl2NO/c1-10(13,4-5-14)7-2-3-8(11)9(12)6-7/h2-3,6,14H,4-5,13H2,1H3. The molecule has 4 heteroatoms. The van der Waals surface area contributed by atoms with Gasteiger partial charge < -0.3 is 10.8 Å². The molecule has 0 fully saturated rings. The lowest BCUT2D eigenvalue weighted by Crippen LogP contribution is -2.33. The zero-order valence-corrected chi connectivity index (χ0v) is 9.44. The van der Waals surface area contributed by atoms with Crippen molar-refractivity contribution in [3.8, 4) is 0 Å². The van der Waals surface area contributed by atoms with E-state index in [1.54, 1.807) is 12.1 Å². The number of hydrogen-bond donors (Lipinski definition) is 2. The van der Waals surface area contributed by atoms with Crippen LogP contribution in [0.3, 0.4) is 0 Å². The molecule has 0 saturated carbocycles. The summed E-state index contributed by atoms with van der Waals surface area (Å²) in [6.07, 6.45) is 0.491. The van der Waals surface area contributed by atoms with E-state index < -0.39 is 5.54 Å². The second-order valence-electron chi connectivity index (χ2n) is 3.52. The molecule has 0 spiro atoms. The number of aliphatic hydroxyl groups is 1. The van der Waals surface area contributed by atoms with Crippen molar-refractivity contribution >= 4 is 23.2 Å². The molecule has 0 radical (unpaired) electrons. The summed E-state index contributed by atoms with van der Waals surface area (Å²) in [7, 11) is 0. The average Bonchev–Trinajstić information content (AvgIpc) is 2.09. The van der Waals surface area contributed by atoms with Gasteiger partial charge in [0.1, 0.15) is 0 Å². The van der Waals surface area contributed by atoms with Gasteiger partial charge in [-0.1, -0.05) is 29.3 Å². The van der Waals surface area contributed by atoms with Crippen LogP contribution in [0, 0.1) is 0 Å². The first kappa shape index (κ1) is 11.8. The van der Waals surface area contributed by atoms with Crippen molar-refractivity contribution < 1.29 is 5.11 Å². The maximum absolute atomic E-state index is 8.85. The van der Waals surface area contributed by atoms with Gasteiger partial charge in [-0.15, -0.1) is 0 Å². The van der Waals surface area contributed by atoms with Gasteiger partial charge >= 0.3 is 0 Å². The summed E-state index contributed by atoms with van der Waals surface area (Å²) >= 11 is 11.7. The zero-order chi connectivity index (χ0) is 10.8. The van der Waals surface area contributed by atoms with E-state index in [-0.39, 0.29) is 6.61 Å². The summed E-state index contributed by atoms with van der Waals surface area (Å²) in [4.78, 5) is 0. The molecule has 1 unspecified atom stereocenters. The fraction of sp³-hybridized carbons (Fsp3) is 0.400. The summed E-state index contributed by atoms with van der Waals surface area (Å²) < 4.78 is 0. The molecule has 1 rings (SSSR count). The van der Waals surface area contributed by atoms with Gasteiger partial charge in [0, 0.05) is 12.1 Å². The van der Waals surface area contributed by atoms with Crippen molar-refractivity contribution in [2.24, 2.45) is 5.73 Å². The molecule has 0 aliphatic rings. The SMILES string of the molecule is CC(N)(CCO)c1ccc(Cl)c(Cl)c1. The zero-order valence-electron chi connectivity index (χ0n) is 7.93. The Hall–Kier alpha value is -0.280. The summed E-state index contributed by atoms with van der Waals surface area (Å²) in [5.41, 5.74) is 6.32. The highest BCUT2D eigenvalue weighted by Crippen LogP contribution is 2.28. The van der Waals surface area contributed by atoms with Crippen LogP contribution in [0.4, 0.5) is 0 Å². The second-order valence-corrected chi connectivity index (χ2v) is 4.33. The fourth-order valence-electron chi connectivity index (χ4n) is 1.23.